The van der Waals surface area contributed by atoms with Crippen LogP contribution in [0.25, 0.3) is 0 Å². The lowest BCUT2D eigenvalue weighted by molar-refractivity contribution is -0.129. The molecule has 0 spiro atoms. The number of nitrogens with zero attached hydrogens (tertiary/aromatic N) is 1. The molecule has 0 saturated carbocycles. The Labute approximate surface area is 200 Å². The lowest BCUT2D eigenvalue weighted by Gasteiger charge is -2.27. The van der Waals surface area contributed by atoms with E-state index in [0.717, 1.165) is 6.42 Å². The third-order valence-corrected chi connectivity index (χ3v) is 5.58. The highest BCUT2D eigenvalue weighted by Gasteiger charge is 2.44. The standard InChI is InChI=1S/C26H33NO7/c1-5-32-21-16-18(9-10-19(21)34-15-11-17(2)3)23-22(24(28)20-8-6-14-33-20)25(29)26(30)27(23)12-7-13-31-4/h6,8-10,14,16-17,23,29H,5,7,11-13,15H2,1-4H3. The van der Waals surface area contributed by atoms with Gasteiger partial charge in [-0.25, -0.2) is 0 Å². The van der Waals surface area contributed by atoms with Crippen molar-refractivity contribution in [3.63, 3.8) is 0 Å². The number of amides is 1. The summed E-state index contributed by atoms with van der Waals surface area (Å²) in [4.78, 5) is 27.7. The number of ketones is 1. The van der Waals surface area contributed by atoms with Crippen molar-refractivity contribution in [2.24, 2.45) is 5.92 Å². The molecule has 1 aliphatic heterocycles. The number of hydrogen-bond donors (Lipinski definition) is 1. The summed E-state index contributed by atoms with van der Waals surface area (Å²) in [5, 5.41) is 10.7. The second-order valence-corrected chi connectivity index (χ2v) is 8.49. The summed E-state index contributed by atoms with van der Waals surface area (Å²) in [6, 6.07) is 7.64. The molecule has 34 heavy (non-hydrogen) atoms. The van der Waals surface area contributed by atoms with Crippen molar-refractivity contribution in [1.29, 1.82) is 0 Å². The van der Waals surface area contributed by atoms with E-state index in [2.05, 4.69) is 13.8 Å². The summed E-state index contributed by atoms with van der Waals surface area (Å²) in [6.07, 6.45) is 2.82. The van der Waals surface area contributed by atoms with E-state index in [0.29, 0.717) is 55.8 Å². The molecule has 3 rings (SSSR count). The van der Waals surface area contributed by atoms with Crippen molar-refractivity contribution < 1.29 is 33.3 Å². The first-order valence-corrected chi connectivity index (χ1v) is 11.6. The number of furan rings is 1. The normalized spacial score (nSPS) is 16.0. The molecule has 1 aromatic carbocycles. The number of aliphatic hydroxyl groups is 1. The second kappa shape index (κ2) is 11.7. The Kier molecular flexibility index (Phi) is 8.76. The summed E-state index contributed by atoms with van der Waals surface area (Å²) in [7, 11) is 1.58. The van der Waals surface area contributed by atoms with Crippen LogP contribution in [0.1, 0.15) is 55.8 Å². The number of carbonyl (C=O) groups is 2. The smallest absolute Gasteiger partial charge is 0.290 e. The highest BCUT2D eigenvalue weighted by molar-refractivity contribution is 6.15. The first-order valence-electron chi connectivity index (χ1n) is 11.6. The van der Waals surface area contributed by atoms with Crippen LogP contribution in [0.2, 0.25) is 0 Å². The van der Waals surface area contributed by atoms with Gasteiger partial charge in [-0.2, -0.15) is 0 Å². The first-order chi connectivity index (χ1) is 16.4. The van der Waals surface area contributed by atoms with Gasteiger partial charge >= 0.3 is 0 Å². The van der Waals surface area contributed by atoms with Crippen LogP contribution in [0.3, 0.4) is 0 Å². The maximum atomic E-state index is 13.2. The highest BCUT2D eigenvalue weighted by Crippen LogP contribution is 2.42. The molecule has 1 N–H and O–H groups in total. The Hall–Kier alpha value is -3.26. The zero-order valence-corrected chi connectivity index (χ0v) is 20.2. The van der Waals surface area contributed by atoms with Gasteiger partial charge < -0.3 is 28.6 Å². The van der Waals surface area contributed by atoms with Gasteiger partial charge in [0.25, 0.3) is 5.91 Å². The molecule has 1 atom stereocenters. The minimum absolute atomic E-state index is 0.0201. The van der Waals surface area contributed by atoms with Crippen LogP contribution in [-0.4, -0.2) is 55.2 Å². The predicted molar refractivity (Wildman–Crippen MR) is 126 cm³/mol. The van der Waals surface area contributed by atoms with Crippen molar-refractivity contribution in [2.45, 2.75) is 39.7 Å². The number of aliphatic hydroxyl groups excluding tert-OH is 1. The fourth-order valence-corrected chi connectivity index (χ4v) is 3.87. The average molecular weight is 472 g/mol. The van der Waals surface area contributed by atoms with Crippen LogP contribution < -0.4 is 9.47 Å². The maximum Gasteiger partial charge on any atom is 0.290 e. The lowest BCUT2D eigenvalue weighted by Crippen LogP contribution is -2.32. The van der Waals surface area contributed by atoms with Crippen LogP contribution in [-0.2, 0) is 9.53 Å². The van der Waals surface area contributed by atoms with E-state index in [1.165, 1.54) is 17.2 Å². The number of Topliss-reactive ketones (excluding diaryl/α,β-unsaturated/α-hetero) is 1. The van der Waals surface area contributed by atoms with Gasteiger partial charge in [-0.15, -0.1) is 0 Å². The number of carbonyl (C=O) groups excluding carboxylic acids is 2. The molecular formula is C26H33NO7. The lowest BCUT2D eigenvalue weighted by atomic mass is 9.94. The molecule has 2 aromatic rings. The van der Waals surface area contributed by atoms with Crippen LogP contribution in [0.5, 0.6) is 11.5 Å². The largest absolute Gasteiger partial charge is 0.503 e. The number of methoxy groups -OCH3 is 1. The molecule has 0 saturated heterocycles. The molecule has 8 nitrogen and oxygen atoms in total. The summed E-state index contributed by atoms with van der Waals surface area (Å²) >= 11 is 0. The van der Waals surface area contributed by atoms with E-state index in [-0.39, 0.29) is 11.3 Å². The van der Waals surface area contributed by atoms with E-state index in [4.69, 9.17) is 18.6 Å². The van der Waals surface area contributed by atoms with Gasteiger partial charge in [-0.05, 0) is 55.5 Å². The van der Waals surface area contributed by atoms with Crippen molar-refractivity contribution >= 4 is 11.7 Å². The van der Waals surface area contributed by atoms with Crippen LogP contribution in [0.15, 0.2) is 52.3 Å². The average Bonchev–Trinajstić information content (AvgIpc) is 3.43. The maximum absolute atomic E-state index is 13.2. The SMILES string of the molecule is CCOc1cc(C2C(C(=O)c3ccco3)=C(O)C(=O)N2CCCOC)ccc1OCCC(C)C. The zero-order chi connectivity index (χ0) is 24.7. The topological polar surface area (TPSA) is 98.4 Å². The van der Waals surface area contributed by atoms with E-state index < -0.39 is 23.5 Å². The third-order valence-electron chi connectivity index (χ3n) is 5.58. The molecule has 8 heteroatoms. The van der Waals surface area contributed by atoms with Gasteiger partial charge in [0.05, 0.1) is 31.1 Å². The van der Waals surface area contributed by atoms with Gasteiger partial charge in [0, 0.05) is 20.3 Å². The Morgan fingerprint density at radius 2 is 1.97 bits per heavy atom. The van der Waals surface area contributed by atoms with E-state index in [9.17, 15) is 14.7 Å². The predicted octanol–water partition coefficient (Wildman–Crippen LogP) is 4.72. The van der Waals surface area contributed by atoms with Gasteiger partial charge in [-0.3, -0.25) is 9.59 Å². The Bertz CT molecular complexity index is 1010. The Morgan fingerprint density at radius 1 is 1.18 bits per heavy atom. The minimum Gasteiger partial charge on any atom is -0.503 e. The summed E-state index contributed by atoms with van der Waals surface area (Å²) in [5.74, 6) is -0.0477. The van der Waals surface area contributed by atoms with E-state index in [1.54, 1.807) is 31.4 Å². The molecule has 2 heterocycles. The number of benzene rings is 1. The van der Waals surface area contributed by atoms with Crippen molar-refractivity contribution in [2.75, 3.05) is 33.5 Å². The molecule has 1 aromatic heterocycles. The Morgan fingerprint density at radius 3 is 2.62 bits per heavy atom. The molecule has 0 radical (unpaired) electrons. The quantitative estimate of drug-likeness (QED) is 0.333. The molecule has 184 valence electrons. The first kappa shape index (κ1) is 25.4. The van der Waals surface area contributed by atoms with Gasteiger partial charge in [0.2, 0.25) is 5.78 Å². The van der Waals surface area contributed by atoms with Crippen LogP contribution in [0, 0.1) is 5.92 Å². The monoisotopic (exact) mass is 471 g/mol. The van der Waals surface area contributed by atoms with Gasteiger partial charge in [0.1, 0.15) is 0 Å². The van der Waals surface area contributed by atoms with E-state index in [1.807, 2.05) is 6.92 Å². The molecule has 0 fully saturated rings. The summed E-state index contributed by atoms with van der Waals surface area (Å²) in [6.45, 7) is 7.83. The number of hydrogen-bond acceptors (Lipinski definition) is 7. The fourth-order valence-electron chi connectivity index (χ4n) is 3.87. The minimum atomic E-state index is -0.800. The third kappa shape index (κ3) is 5.62. The molecule has 0 bridgehead atoms. The van der Waals surface area contributed by atoms with Crippen molar-refractivity contribution in [3.05, 3.63) is 59.3 Å². The van der Waals surface area contributed by atoms with Gasteiger partial charge in [-0.1, -0.05) is 19.9 Å². The van der Waals surface area contributed by atoms with Crippen LogP contribution in [0.4, 0.5) is 0 Å². The summed E-state index contributed by atoms with van der Waals surface area (Å²) < 4.78 is 22.1. The molecular weight excluding hydrogens is 438 g/mol. The van der Waals surface area contributed by atoms with Crippen molar-refractivity contribution in [1.82, 2.24) is 4.90 Å². The fraction of sp³-hybridized carbons (Fsp3) is 0.462. The highest BCUT2D eigenvalue weighted by atomic mass is 16.5. The molecule has 1 amide bonds. The molecule has 1 aliphatic rings. The van der Waals surface area contributed by atoms with Gasteiger partial charge in [0.15, 0.2) is 23.0 Å². The van der Waals surface area contributed by atoms with E-state index >= 15 is 0 Å². The molecule has 1 unspecified atom stereocenters. The number of ether oxygens (including phenoxy) is 3. The zero-order valence-electron chi connectivity index (χ0n) is 20.2. The number of rotatable bonds is 13. The Balaban J connectivity index is 2.00. The second-order valence-electron chi connectivity index (χ2n) is 8.49. The molecule has 0 aliphatic carbocycles. The van der Waals surface area contributed by atoms with Crippen molar-refractivity contribution in [3.8, 4) is 11.5 Å². The summed E-state index contributed by atoms with van der Waals surface area (Å²) in [5.41, 5.74) is 0.609. The van der Waals surface area contributed by atoms with Crippen LogP contribution >= 0.6 is 0 Å².